The first-order valence-electron chi connectivity index (χ1n) is 7.52. The van der Waals surface area contributed by atoms with Gasteiger partial charge < -0.3 is 10.1 Å². The summed E-state index contributed by atoms with van der Waals surface area (Å²) in [7, 11) is 1.12. The van der Waals surface area contributed by atoms with Gasteiger partial charge in [-0.25, -0.2) is 4.79 Å². The van der Waals surface area contributed by atoms with Gasteiger partial charge in [-0.2, -0.15) is 13.2 Å². The van der Waals surface area contributed by atoms with E-state index in [4.69, 9.17) is 11.6 Å². The molecule has 2 aromatic rings. The van der Waals surface area contributed by atoms with E-state index in [9.17, 15) is 22.8 Å². The molecule has 0 fully saturated rings. The predicted octanol–water partition coefficient (Wildman–Crippen LogP) is 3.87. The van der Waals surface area contributed by atoms with Crippen molar-refractivity contribution in [3.8, 4) is 0 Å². The van der Waals surface area contributed by atoms with Gasteiger partial charge in [0.25, 0.3) is 5.91 Å². The fourth-order valence-corrected chi connectivity index (χ4v) is 2.60. The Hall–Kier alpha value is -2.54. The third-order valence-corrected chi connectivity index (χ3v) is 4.02. The summed E-state index contributed by atoms with van der Waals surface area (Å²) in [4.78, 5) is 24.3. The minimum atomic E-state index is -4.70. The van der Waals surface area contributed by atoms with Crippen LogP contribution in [0.4, 0.5) is 13.2 Å². The second-order valence-corrected chi connectivity index (χ2v) is 5.80. The Labute approximate surface area is 152 Å². The third kappa shape index (κ3) is 4.76. The van der Waals surface area contributed by atoms with Gasteiger partial charge in [-0.1, -0.05) is 41.9 Å². The Morgan fingerprint density at radius 1 is 1.12 bits per heavy atom. The molecule has 2 aromatic carbocycles. The lowest BCUT2D eigenvalue weighted by molar-refractivity contribution is -0.142. The number of nitrogens with one attached hydrogen (secondary N) is 1. The van der Waals surface area contributed by atoms with Gasteiger partial charge in [0.05, 0.1) is 18.2 Å². The van der Waals surface area contributed by atoms with E-state index in [-0.39, 0.29) is 6.42 Å². The zero-order chi connectivity index (χ0) is 19.3. The third-order valence-electron chi connectivity index (χ3n) is 3.65. The number of carbonyl (C=O) groups is 2. The topological polar surface area (TPSA) is 55.4 Å². The van der Waals surface area contributed by atoms with Gasteiger partial charge in [0.15, 0.2) is 0 Å². The van der Waals surface area contributed by atoms with Gasteiger partial charge in [-0.15, -0.1) is 0 Å². The molecular formula is C18H15ClF3NO3. The highest BCUT2D eigenvalue weighted by Gasteiger charge is 2.35. The molecule has 8 heteroatoms. The number of hydrogen-bond donors (Lipinski definition) is 1. The molecule has 0 saturated carbocycles. The molecule has 138 valence electrons. The summed E-state index contributed by atoms with van der Waals surface area (Å²) in [6.07, 6.45) is -4.72. The number of amides is 1. The molecule has 0 saturated heterocycles. The van der Waals surface area contributed by atoms with Crippen molar-refractivity contribution >= 4 is 23.5 Å². The Kier molecular flexibility index (Phi) is 6.26. The maximum Gasteiger partial charge on any atom is 0.417 e. The number of carbonyl (C=O) groups excluding carboxylic acids is 2. The Bertz CT molecular complexity index is 808. The second kappa shape index (κ2) is 8.23. The van der Waals surface area contributed by atoms with Crippen LogP contribution in [0.2, 0.25) is 5.02 Å². The molecule has 0 unspecified atom stereocenters. The number of methoxy groups -OCH3 is 1. The molecule has 26 heavy (non-hydrogen) atoms. The second-order valence-electron chi connectivity index (χ2n) is 5.39. The van der Waals surface area contributed by atoms with E-state index >= 15 is 0 Å². The lowest BCUT2D eigenvalue weighted by Gasteiger charge is -2.19. The maximum atomic E-state index is 13.1. The van der Waals surface area contributed by atoms with Crippen LogP contribution in [0.25, 0.3) is 0 Å². The van der Waals surface area contributed by atoms with Crippen LogP contribution in [-0.2, 0) is 22.1 Å². The van der Waals surface area contributed by atoms with E-state index in [2.05, 4.69) is 10.1 Å². The molecule has 1 N–H and O–H groups in total. The largest absolute Gasteiger partial charge is 0.467 e. The highest BCUT2D eigenvalue weighted by Crippen LogP contribution is 2.31. The van der Waals surface area contributed by atoms with E-state index in [1.165, 1.54) is 12.1 Å². The standard InChI is InChI=1S/C18H15ClF3NO3/c1-26-17(25)15(10-11-6-2-5-9-14(11)19)23-16(24)12-7-3-4-8-13(12)18(20,21)22/h2-9,15H,10H2,1H3,(H,23,24)/t15-/m1/s1. The van der Waals surface area contributed by atoms with Crippen molar-refractivity contribution in [3.05, 3.63) is 70.2 Å². The molecule has 1 atom stereocenters. The fourth-order valence-electron chi connectivity index (χ4n) is 2.38. The fraction of sp³-hybridized carbons (Fsp3) is 0.222. The number of esters is 1. The molecule has 0 aromatic heterocycles. The first-order valence-corrected chi connectivity index (χ1v) is 7.90. The van der Waals surface area contributed by atoms with Crippen molar-refractivity contribution in [3.63, 3.8) is 0 Å². The summed E-state index contributed by atoms with van der Waals surface area (Å²) < 4.78 is 43.9. The van der Waals surface area contributed by atoms with Gasteiger partial charge in [0, 0.05) is 11.4 Å². The monoisotopic (exact) mass is 385 g/mol. The number of halogens is 4. The van der Waals surface area contributed by atoms with Crippen molar-refractivity contribution in [2.45, 2.75) is 18.6 Å². The summed E-state index contributed by atoms with van der Waals surface area (Å²) in [5.41, 5.74) is -1.11. The van der Waals surface area contributed by atoms with Crippen molar-refractivity contribution in [2.75, 3.05) is 7.11 Å². The first-order chi connectivity index (χ1) is 12.2. The summed E-state index contributed by atoms with van der Waals surface area (Å²) in [5, 5.41) is 2.67. The maximum absolute atomic E-state index is 13.1. The Morgan fingerprint density at radius 3 is 2.35 bits per heavy atom. The summed E-state index contributed by atoms with van der Waals surface area (Å²) in [6, 6.07) is 9.78. The van der Waals surface area contributed by atoms with Crippen molar-refractivity contribution < 1.29 is 27.5 Å². The molecule has 1 amide bonds. The van der Waals surface area contributed by atoms with Gasteiger partial charge >= 0.3 is 12.1 Å². The molecular weight excluding hydrogens is 371 g/mol. The molecule has 0 spiro atoms. The quantitative estimate of drug-likeness (QED) is 0.795. The van der Waals surface area contributed by atoms with Crippen LogP contribution in [0.3, 0.4) is 0 Å². The van der Waals surface area contributed by atoms with E-state index < -0.39 is 35.2 Å². The van der Waals surface area contributed by atoms with Crippen LogP contribution in [0.15, 0.2) is 48.5 Å². The summed E-state index contributed by atoms with van der Waals surface area (Å²) in [6.45, 7) is 0. The summed E-state index contributed by atoms with van der Waals surface area (Å²) >= 11 is 6.04. The SMILES string of the molecule is COC(=O)[C@@H](Cc1ccccc1Cl)NC(=O)c1ccccc1C(F)(F)F. The molecule has 0 heterocycles. The molecule has 0 aliphatic carbocycles. The van der Waals surface area contributed by atoms with Crippen LogP contribution in [0.5, 0.6) is 0 Å². The minimum absolute atomic E-state index is 0.0216. The average Bonchev–Trinajstić information content (AvgIpc) is 2.61. The highest BCUT2D eigenvalue weighted by atomic mass is 35.5. The van der Waals surface area contributed by atoms with E-state index in [1.807, 2.05) is 0 Å². The minimum Gasteiger partial charge on any atom is -0.467 e. The van der Waals surface area contributed by atoms with E-state index in [0.29, 0.717) is 10.6 Å². The molecule has 0 radical (unpaired) electrons. The smallest absolute Gasteiger partial charge is 0.417 e. The molecule has 0 bridgehead atoms. The molecule has 0 aliphatic heterocycles. The van der Waals surface area contributed by atoms with E-state index in [1.54, 1.807) is 24.3 Å². The van der Waals surface area contributed by atoms with Gasteiger partial charge in [0.1, 0.15) is 6.04 Å². The molecule has 0 aliphatic rings. The van der Waals surface area contributed by atoms with Crippen molar-refractivity contribution in [1.82, 2.24) is 5.32 Å². The number of benzene rings is 2. The van der Waals surface area contributed by atoms with Gasteiger partial charge in [-0.05, 0) is 23.8 Å². The first kappa shape index (κ1) is 19.8. The van der Waals surface area contributed by atoms with Crippen LogP contribution in [0.1, 0.15) is 21.5 Å². The van der Waals surface area contributed by atoms with Crippen molar-refractivity contribution in [1.29, 1.82) is 0 Å². The molecule has 2 rings (SSSR count). The molecule has 4 nitrogen and oxygen atoms in total. The van der Waals surface area contributed by atoms with Gasteiger partial charge in [-0.3, -0.25) is 4.79 Å². The number of hydrogen-bond acceptors (Lipinski definition) is 3. The number of ether oxygens (including phenoxy) is 1. The zero-order valence-electron chi connectivity index (χ0n) is 13.6. The van der Waals surface area contributed by atoms with Crippen LogP contribution >= 0.6 is 11.6 Å². The normalized spacial score (nSPS) is 12.3. The Balaban J connectivity index is 2.28. The van der Waals surface area contributed by atoms with Gasteiger partial charge in [0.2, 0.25) is 0 Å². The summed E-state index contributed by atoms with van der Waals surface area (Å²) in [5.74, 6) is -1.82. The van der Waals surface area contributed by atoms with Crippen LogP contribution < -0.4 is 5.32 Å². The predicted molar refractivity (Wildman–Crippen MR) is 89.9 cm³/mol. The lowest BCUT2D eigenvalue weighted by atomic mass is 10.0. The van der Waals surface area contributed by atoms with Crippen molar-refractivity contribution in [2.24, 2.45) is 0 Å². The zero-order valence-corrected chi connectivity index (χ0v) is 14.4. The number of alkyl halides is 3. The van der Waals surface area contributed by atoms with Crippen LogP contribution in [0, 0.1) is 0 Å². The van der Waals surface area contributed by atoms with E-state index in [0.717, 1.165) is 19.2 Å². The highest BCUT2D eigenvalue weighted by molar-refractivity contribution is 6.31. The average molecular weight is 386 g/mol. The lowest BCUT2D eigenvalue weighted by Crippen LogP contribution is -2.43. The Morgan fingerprint density at radius 2 is 1.73 bits per heavy atom. The number of rotatable bonds is 5. The van der Waals surface area contributed by atoms with Crippen LogP contribution in [-0.4, -0.2) is 25.0 Å².